The summed E-state index contributed by atoms with van der Waals surface area (Å²) in [5.41, 5.74) is 14.2. The van der Waals surface area contributed by atoms with Gasteiger partial charge < -0.3 is 30.5 Å². The SMILES string of the molecule is C=CC1=C(C)C(=O)N/C1=C/C1N/C(=C/c2[nH]c3c(c2C)C(=C)CC3c2n[cH-]c(C)c2CCC(=O)[O-])C(CC)=C1C.[Cu+].[Cu].[Na+].[Na]. The minimum Gasteiger partial charge on any atom is -0.550 e. The Bertz CT molecular complexity index is 1610. The molecular weight excluding hydrogens is 673 g/mol. The Hall–Kier alpha value is -1.22. The molecule has 44 heavy (non-hydrogen) atoms. The number of hydrogen-bond donors (Lipinski definition) is 3. The first kappa shape index (κ1) is 40.8. The van der Waals surface area contributed by atoms with Gasteiger partial charge in [0.2, 0.25) is 0 Å². The molecule has 0 fully saturated rings. The largest absolute Gasteiger partial charge is 1.00 e. The number of fused-ring (bicyclic) bond motifs is 1. The van der Waals surface area contributed by atoms with E-state index in [9.17, 15) is 14.7 Å². The van der Waals surface area contributed by atoms with Crippen LogP contribution in [0, 0.1) is 13.8 Å². The van der Waals surface area contributed by atoms with Gasteiger partial charge in [-0.25, -0.2) is 0 Å². The van der Waals surface area contributed by atoms with E-state index in [2.05, 4.69) is 61.7 Å². The molecule has 2 radical (unpaired) electrons. The van der Waals surface area contributed by atoms with Crippen LogP contribution in [0.2, 0.25) is 0 Å². The van der Waals surface area contributed by atoms with Crippen LogP contribution in [-0.2, 0) is 50.1 Å². The quantitative estimate of drug-likeness (QED) is 0.282. The molecule has 2 atom stereocenters. The number of allylic oxidation sites excluding steroid dienone is 3. The summed E-state index contributed by atoms with van der Waals surface area (Å²) in [5, 5.41) is 17.8. The fraction of sp³-hybridized carbons (Fsp3) is 0.333. The molecule has 1 aliphatic carbocycles. The zero-order chi connectivity index (χ0) is 28.9. The summed E-state index contributed by atoms with van der Waals surface area (Å²) >= 11 is 0. The van der Waals surface area contributed by atoms with Crippen LogP contribution in [0.3, 0.4) is 0 Å². The molecule has 230 valence electrons. The zero-order valence-electron chi connectivity index (χ0n) is 26.5. The number of H-pyrrole nitrogens is 1. The van der Waals surface area contributed by atoms with Gasteiger partial charge in [0, 0.05) is 92.1 Å². The van der Waals surface area contributed by atoms with Crippen molar-refractivity contribution >= 4 is 53.1 Å². The second kappa shape index (κ2) is 16.6. The predicted molar refractivity (Wildman–Crippen MR) is 162 cm³/mol. The Morgan fingerprint density at radius 1 is 1.20 bits per heavy atom. The Kier molecular flexibility index (Phi) is 15.4. The zero-order valence-corrected chi connectivity index (χ0v) is 32.4. The number of carbonyl (C=O) groups excluding carboxylic acids is 2. The number of hydrogen-bond acceptors (Lipinski definition) is 5. The topological polar surface area (TPSA) is 110 Å². The number of aromatic nitrogens is 2. The molecule has 0 saturated carbocycles. The molecule has 3 N–H and O–H groups in total. The molecule has 7 nitrogen and oxygen atoms in total. The van der Waals surface area contributed by atoms with Gasteiger partial charge in [-0.1, -0.05) is 45.7 Å². The Morgan fingerprint density at radius 2 is 1.89 bits per heavy atom. The first-order valence-electron chi connectivity index (χ1n) is 13.8. The summed E-state index contributed by atoms with van der Waals surface area (Å²) in [6.07, 6.45) is 9.80. The number of nitrogens with one attached hydrogen (secondary N) is 3. The molecule has 11 heteroatoms. The van der Waals surface area contributed by atoms with Crippen LogP contribution in [0.4, 0.5) is 0 Å². The van der Waals surface area contributed by atoms with Gasteiger partial charge in [0.15, 0.2) is 0 Å². The summed E-state index contributed by atoms with van der Waals surface area (Å²) in [6.45, 7) is 18.5. The van der Waals surface area contributed by atoms with Gasteiger partial charge in [-0.3, -0.25) is 4.79 Å². The van der Waals surface area contributed by atoms with Crippen molar-refractivity contribution in [1.29, 1.82) is 0 Å². The van der Waals surface area contributed by atoms with Gasteiger partial charge in [-0.05, 0) is 80.4 Å². The molecule has 0 saturated heterocycles. The number of carboxylic acid groups (broad SMARTS) is 1. The minimum absolute atomic E-state index is 0. The van der Waals surface area contributed by atoms with Crippen molar-refractivity contribution in [2.45, 2.75) is 72.3 Å². The molecule has 2 unspecified atom stereocenters. The molecule has 3 aliphatic rings. The summed E-state index contributed by atoms with van der Waals surface area (Å²) in [5.74, 6) is -1.13. The molecule has 5 rings (SSSR count). The Labute approximate surface area is 325 Å². The van der Waals surface area contributed by atoms with E-state index in [0.717, 1.165) is 74.7 Å². The van der Waals surface area contributed by atoms with Gasteiger partial charge in [0.1, 0.15) is 0 Å². The summed E-state index contributed by atoms with van der Waals surface area (Å²) in [4.78, 5) is 31.8. The van der Waals surface area contributed by atoms with E-state index in [1.54, 1.807) is 6.08 Å². The third kappa shape index (κ3) is 7.50. The van der Waals surface area contributed by atoms with Crippen molar-refractivity contribution in [3.05, 3.63) is 105 Å². The van der Waals surface area contributed by atoms with E-state index in [1.807, 2.05) is 20.0 Å². The number of nitrogens with zero attached hydrogens (tertiary/aromatic N) is 1. The van der Waals surface area contributed by atoms with E-state index < -0.39 is 5.97 Å². The molecule has 0 aromatic carbocycles. The molecule has 2 aromatic rings. The average Bonchev–Trinajstić information content (AvgIpc) is 3.66. The van der Waals surface area contributed by atoms with Gasteiger partial charge in [-0.15, -0.1) is 11.3 Å². The van der Waals surface area contributed by atoms with Gasteiger partial charge in [0.05, 0.1) is 6.04 Å². The maximum atomic E-state index is 12.2. The number of amides is 1. The van der Waals surface area contributed by atoms with Gasteiger partial charge in [0.25, 0.3) is 5.91 Å². The second-order valence-corrected chi connectivity index (χ2v) is 11.0. The Balaban J connectivity index is 0.00000242. The molecular formula is C33H36Cu2N4Na2O3. The second-order valence-electron chi connectivity index (χ2n) is 11.0. The van der Waals surface area contributed by atoms with Gasteiger partial charge in [-0.2, -0.15) is 5.56 Å². The van der Waals surface area contributed by atoms with E-state index in [0.29, 0.717) is 12.0 Å². The molecule has 1 amide bonds. The fourth-order valence-electron chi connectivity index (χ4n) is 6.40. The van der Waals surface area contributed by atoms with Crippen LogP contribution in [0.5, 0.6) is 0 Å². The molecule has 2 aromatic heterocycles. The standard InChI is InChI=1S/C33H37N4O3.2Cu.2Na/c1-8-21-18(5)25(13-28-22(9-2)19(6)33(40)37-28)35-27(21)14-26-20(7)30-16(3)12-24(32(30)36-26)31-23(10-11-29(38)39)17(4)15-34-31;;;;/h9,13-15,24-25,35-36H,2-3,8,10-12H2,1,4-7H3,(H,37,40)(H,38,39);;;;/q-1;;+1;;+1/p-1/b27-14+,28-13+;;;;. The monoisotopic (exact) mass is 708 g/mol. The maximum absolute atomic E-state index is 12.2. The predicted octanol–water partition coefficient (Wildman–Crippen LogP) is 1.15. The number of carbonyl (C=O) groups is 2. The fourth-order valence-corrected chi connectivity index (χ4v) is 6.40. The van der Waals surface area contributed by atoms with Crippen LogP contribution in [0.1, 0.15) is 85.3 Å². The summed E-state index contributed by atoms with van der Waals surface area (Å²) < 4.78 is 0. The molecule has 4 heterocycles. The van der Waals surface area contributed by atoms with Crippen molar-refractivity contribution < 1.29 is 78.4 Å². The maximum Gasteiger partial charge on any atom is 1.00 e. The van der Waals surface area contributed by atoms with Crippen LogP contribution < -0.4 is 45.3 Å². The van der Waals surface area contributed by atoms with E-state index in [-0.39, 0.29) is 118 Å². The van der Waals surface area contributed by atoms with E-state index in [4.69, 9.17) is 4.98 Å². The molecule has 2 aliphatic heterocycles. The summed E-state index contributed by atoms with van der Waals surface area (Å²) in [6, 6.07) is -0.0510. The van der Waals surface area contributed by atoms with Crippen LogP contribution in [0.15, 0.2) is 65.2 Å². The minimum atomic E-state index is -1.05. The number of aryl methyl sites for hydroxylation is 1. The number of carboxylic acids is 1. The molecule has 0 bridgehead atoms. The third-order valence-corrected chi connectivity index (χ3v) is 8.60. The van der Waals surface area contributed by atoms with E-state index >= 15 is 0 Å². The van der Waals surface area contributed by atoms with Crippen molar-refractivity contribution in [2.75, 3.05) is 0 Å². The Morgan fingerprint density at radius 3 is 2.50 bits per heavy atom. The smallest absolute Gasteiger partial charge is 0.550 e. The number of aliphatic carboxylic acids is 1. The molecule has 0 spiro atoms. The number of rotatable bonds is 8. The summed E-state index contributed by atoms with van der Waals surface area (Å²) in [7, 11) is 0. The normalized spacial score (nSPS) is 20.5. The first-order chi connectivity index (χ1) is 19.0. The van der Waals surface area contributed by atoms with Crippen molar-refractivity contribution in [3.8, 4) is 0 Å². The van der Waals surface area contributed by atoms with Crippen LogP contribution in [-0.4, -0.2) is 57.4 Å². The first-order valence-corrected chi connectivity index (χ1v) is 13.8. The number of aromatic amines is 1. The van der Waals surface area contributed by atoms with Crippen molar-refractivity contribution in [3.63, 3.8) is 0 Å². The third-order valence-electron chi connectivity index (χ3n) is 8.60. The van der Waals surface area contributed by atoms with E-state index in [1.165, 1.54) is 11.1 Å². The van der Waals surface area contributed by atoms with Crippen molar-refractivity contribution in [2.24, 2.45) is 0 Å². The van der Waals surface area contributed by atoms with Crippen molar-refractivity contribution in [1.82, 2.24) is 20.6 Å². The van der Waals surface area contributed by atoms with Crippen LogP contribution >= 0.6 is 0 Å². The average molecular weight is 710 g/mol. The van der Waals surface area contributed by atoms with Crippen LogP contribution in [0.25, 0.3) is 11.6 Å². The van der Waals surface area contributed by atoms with Gasteiger partial charge >= 0.3 is 46.6 Å².